The van der Waals surface area contributed by atoms with Crippen LogP contribution in [-0.2, 0) is 27.8 Å². The molecule has 0 spiro atoms. The molecule has 1 heterocycles. The van der Waals surface area contributed by atoms with Gasteiger partial charge in [0, 0.05) is 25.6 Å². The van der Waals surface area contributed by atoms with Gasteiger partial charge in [-0.05, 0) is 26.3 Å². The molecule has 0 fully saturated rings. The molecule has 18 heavy (non-hydrogen) atoms. The molecule has 0 aliphatic carbocycles. The van der Waals surface area contributed by atoms with Crippen molar-refractivity contribution in [2.45, 2.75) is 39.5 Å². The number of Topliss-reactive ketones (excluding diaryl/α,β-unsaturated/α-hetero) is 1. The second kappa shape index (κ2) is 6.93. The Kier molecular flexibility index (Phi) is 5.55. The minimum Gasteiger partial charge on any atom is -0.466 e. The SMILES string of the molecule is CCOC(=O)CCC(=O)CCc1cc(C)nn1C. The third-order valence-electron chi connectivity index (χ3n) is 2.67. The fraction of sp³-hybridized carbons (Fsp3) is 0.615. The van der Waals surface area contributed by atoms with E-state index >= 15 is 0 Å². The first-order chi connectivity index (χ1) is 8.52. The molecule has 0 bridgehead atoms. The molecule has 0 aliphatic heterocycles. The maximum atomic E-state index is 11.6. The van der Waals surface area contributed by atoms with E-state index < -0.39 is 0 Å². The first-order valence-corrected chi connectivity index (χ1v) is 6.19. The normalized spacial score (nSPS) is 10.4. The van der Waals surface area contributed by atoms with Gasteiger partial charge < -0.3 is 4.74 Å². The number of aryl methyl sites for hydroxylation is 3. The van der Waals surface area contributed by atoms with Crippen molar-refractivity contribution >= 4 is 11.8 Å². The highest BCUT2D eigenvalue weighted by Crippen LogP contribution is 2.07. The van der Waals surface area contributed by atoms with Crippen molar-refractivity contribution < 1.29 is 14.3 Å². The summed E-state index contributed by atoms with van der Waals surface area (Å²) in [6.45, 7) is 4.04. The van der Waals surface area contributed by atoms with Crippen LogP contribution in [0.3, 0.4) is 0 Å². The quantitative estimate of drug-likeness (QED) is 0.691. The van der Waals surface area contributed by atoms with Crippen molar-refractivity contribution in [1.82, 2.24) is 9.78 Å². The van der Waals surface area contributed by atoms with E-state index in [4.69, 9.17) is 4.74 Å². The van der Waals surface area contributed by atoms with E-state index in [9.17, 15) is 9.59 Å². The second-order valence-electron chi connectivity index (χ2n) is 4.24. The lowest BCUT2D eigenvalue weighted by Gasteiger charge is -2.02. The van der Waals surface area contributed by atoms with E-state index in [0.717, 1.165) is 11.4 Å². The zero-order valence-electron chi connectivity index (χ0n) is 11.2. The molecule has 0 N–H and O–H groups in total. The Labute approximate surface area is 107 Å². The van der Waals surface area contributed by atoms with Gasteiger partial charge in [0.25, 0.3) is 0 Å². The monoisotopic (exact) mass is 252 g/mol. The molecule has 1 aromatic heterocycles. The van der Waals surface area contributed by atoms with E-state index in [1.54, 1.807) is 11.6 Å². The molecule has 1 aromatic rings. The van der Waals surface area contributed by atoms with Crippen LogP contribution in [0.25, 0.3) is 0 Å². The first kappa shape index (κ1) is 14.4. The van der Waals surface area contributed by atoms with Crippen LogP contribution in [0.5, 0.6) is 0 Å². The maximum absolute atomic E-state index is 11.6. The number of carbonyl (C=O) groups is 2. The summed E-state index contributed by atoms with van der Waals surface area (Å²) in [5.74, 6) is -0.218. The fourth-order valence-electron chi connectivity index (χ4n) is 1.77. The summed E-state index contributed by atoms with van der Waals surface area (Å²) < 4.78 is 6.56. The third-order valence-corrected chi connectivity index (χ3v) is 2.67. The van der Waals surface area contributed by atoms with Gasteiger partial charge in [0.15, 0.2) is 0 Å². The number of aromatic nitrogens is 2. The summed E-state index contributed by atoms with van der Waals surface area (Å²) in [4.78, 5) is 22.7. The van der Waals surface area contributed by atoms with E-state index in [2.05, 4.69) is 5.10 Å². The van der Waals surface area contributed by atoms with Crippen LogP contribution in [0, 0.1) is 6.92 Å². The molecule has 0 aromatic carbocycles. The zero-order valence-corrected chi connectivity index (χ0v) is 11.2. The van der Waals surface area contributed by atoms with Crippen molar-refractivity contribution in [2.24, 2.45) is 7.05 Å². The Morgan fingerprint density at radius 2 is 2.06 bits per heavy atom. The van der Waals surface area contributed by atoms with Gasteiger partial charge in [-0.2, -0.15) is 5.10 Å². The number of hydrogen-bond donors (Lipinski definition) is 0. The average Bonchev–Trinajstić information content (AvgIpc) is 2.63. The largest absolute Gasteiger partial charge is 0.466 e. The van der Waals surface area contributed by atoms with Crippen molar-refractivity contribution in [3.63, 3.8) is 0 Å². The minimum absolute atomic E-state index is 0.0851. The molecule has 5 nitrogen and oxygen atoms in total. The van der Waals surface area contributed by atoms with Crippen molar-refractivity contribution in [2.75, 3.05) is 6.61 Å². The highest BCUT2D eigenvalue weighted by atomic mass is 16.5. The number of esters is 1. The Bertz CT molecular complexity index is 424. The number of hydrogen-bond acceptors (Lipinski definition) is 4. The third kappa shape index (κ3) is 4.69. The first-order valence-electron chi connectivity index (χ1n) is 6.19. The molecule has 5 heteroatoms. The molecule has 1 rings (SSSR count). The number of ether oxygens (including phenoxy) is 1. The summed E-state index contributed by atoms with van der Waals surface area (Å²) >= 11 is 0. The molecular formula is C13H20N2O3. The summed E-state index contributed by atoms with van der Waals surface area (Å²) in [6.07, 6.45) is 1.55. The van der Waals surface area contributed by atoms with Gasteiger partial charge in [0.1, 0.15) is 5.78 Å². The maximum Gasteiger partial charge on any atom is 0.306 e. The summed E-state index contributed by atoms with van der Waals surface area (Å²) in [7, 11) is 1.87. The smallest absolute Gasteiger partial charge is 0.306 e. The summed E-state index contributed by atoms with van der Waals surface area (Å²) in [6, 6.07) is 1.97. The molecule has 0 aliphatic rings. The molecule has 0 radical (unpaired) electrons. The van der Waals surface area contributed by atoms with Crippen molar-refractivity contribution in [3.8, 4) is 0 Å². The second-order valence-corrected chi connectivity index (χ2v) is 4.24. The van der Waals surface area contributed by atoms with E-state index in [1.165, 1.54) is 0 Å². The minimum atomic E-state index is -0.303. The Morgan fingerprint density at radius 1 is 1.33 bits per heavy atom. The lowest BCUT2D eigenvalue weighted by atomic mass is 10.1. The molecule has 0 atom stereocenters. The summed E-state index contributed by atoms with van der Waals surface area (Å²) in [5, 5.41) is 4.22. The molecule has 0 unspecified atom stereocenters. The highest BCUT2D eigenvalue weighted by molar-refractivity contribution is 5.83. The molecule has 0 saturated heterocycles. The fourth-order valence-corrected chi connectivity index (χ4v) is 1.77. The highest BCUT2D eigenvalue weighted by Gasteiger charge is 2.09. The number of ketones is 1. The molecular weight excluding hydrogens is 232 g/mol. The number of nitrogens with zero attached hydrogens (tertiary/aromatic N) is 2. The van der Waals surface area contributed by atoms with Crippen LogP contribution >= 0.6 is 0 Å². The lowest BCUT2D eigenvalue weighted by molar-refractivity contribution is -0.144. The van der Waals surface area contributed by atoms with Crippen LogP contribution in [0.4, 0.5) is 0 Å². The van der Waals surface area contributed by atoms with Crippen LogP contribution in [-0.4, -0.2) is 28.1 Å². The van der Waals surface area contributed by atoms with Gasteiger partial charge in [-0.1, -0.05) is 0 Å². The van der Waals surface area contributed by atoms with Crippen LogP contribution in [0.15, 0.2) is 6.07 Å². The standard InChI is InChI=1S/C13H20N2O3/c1-4-18-13(17)8-7-12(16)6-5-11-9-10(2)14-15(11)3/h9H,4-8H2,1-3H3. The Balaban J connectivity index is 2.29. The van der Waals surface area contributed by atoms with Gasteiger partial charge in [-0.25, -0.2) is 0 Å². The summed E-state index contributed by atoms with van der Waals surface area (Å²) in [5.41, 5.74) is 1.99. The predicted molar refractivity (Wildman–Crippen MR) is 67.1 cm³/mol. The van der Waals surface area contributed by atoms with Crippen LogP contribution in [0.2, 0.25) is 0 Å². The van der Waals surface area contributed by atoms with Crippen molar-refractivity contribution in [3.05, 3.63) is 17.5 Å². The number of rotatable bonds is 7. The topological polar surface area (TPSA) is 61.2 Å². The average molecular weight is 252 g/mol. The van der Waals surface area contributed by atoms with Gasteiger partial charge >= 0.3 is 5.97 Å². The van der Waals surface area contributed by atoms with E-state index in [-0.39, 0.29) is 24.6 Å². The van der Waals surface area contributed by atoms with Crippen LogP contribution in [0.1, 0.15) is 37.6 Å². The van der Waals surface area contributed by atoms with Gasteiger partial charge in [-0.15, -0.1) is 0 Å². The number of carbonyl (C=O) groups excluding carboxylic acids is 2. The predicted octanol–water partition coefficient (Wildman–Crippen LogP) is 1.57. The van der Waals surface area contributed by atoms with E-state index in [1.807, 2.05) is 20.0 Å². The molecule has 0 saturated carbocycles. The van der Waals surface area contributed by atoms with Gasteiger partial charge in [0.05, 0.1) is 18.7 Å². The van der Waals surface area contributed by atoms with E-state index in [0.29, 0.717) is 19.4 Å². The lowest BCUT2D eigenvalue weighted by Crippen LogP contribution is -2.09. The molecule has 100 valence electrons. The van der Waals surface area contributed by atoms with Crippen molar-refractivity contribution in [1.29, 1.82) is 0 Å². The zero-order chi connectivity index (χ0) is 13.5. The molecule has 0 amide bonds. The van der Waals surface area contributed by atoms with Gasteiger partial charge in [0.2, 0.25) is 0 Å². The Hall–Kier alpha value is -1.65. The van der Waals surface area contributed by atoms with Gasteiger partial charge in [-0.3, -0.25) is 14.3 Å². The van der Waals surface area contributed by atoms with Crippen LogP contribution < -0.4 is 0 Å². The Morgan fingerprint density at radius 3 is 2.61 bits per heavy atom.